The molecule has 0 aliphatic heterocycles. The molecule has 7 heteroatoms. The summed E-state index contributed by atoms with van der Waals surface area (Å²) in [6.45, 7) is 7.44. The molecule has 2 aromatic rings. The van der Waals surface area contributed by atoms with Gasteiger partial charge in [0.05, 0.1) is 11.3 Å². The van der Waals surface area contributed by atoms with Crippen LogP contribution in [0.5, 0.6) is 0 Å². The van der Waals surface area contributed by atoms with Crippen molar-refractivity contribution in [2.75, 3.05) is 11.6 Å². The average Bonchev–Trinajstić information content (AvgIpc) is 2.69. The van der Waals surface area contributed by atoms with E-state index in [1.54, 1.807) is 0 Å². The third-order valence-corrected chi connectivity index (χ3v) is 3.76. The van der Waals surface area contributed by atoms with E-state index in [2.05, 4.69) is 25.5 Å². The summed E-state index contributed by atoms with van der Waals surface area (Å²) in [6, 6.07) is 0. The summed E-state index contributed by atoms with van der Waals surface area (Å²) >= 11 is 1.43. The number of H-pyrrole nitrogens is 1. The number of nitrogens with one attached hydrogen (secondary N) is 2. The van der Waals surface area contributed by atoms with E-state index in [0.29, 0.717) is 27.9 Å². The van der Waals surface area contributed by atoms with E-state index in [1.165, 1.54) is 11.8 Å². The van der Waals surface area contributed by atoms with Gasteiger partial charge in [-0.3, -0.25) is 9.89 Å². The topological polar surface area (TPSA) is 83.6 Å². The van der Waals surface area contributed by atoms with E-state index >= 15 is 0 Å². The Hall–Kier alpha value is -1.89. The first-order valence-corrected chi connectivity index (χ1v) is 7.38. The van der Waals surface area contributed by atoms with Gasteiger partial charge in [0.1, 0.15) is 10.9 Å². The van der Waals surface area contributed by atoms with E-state index in [1.807, 2.05) is 34.0 Å². The van der Waals surface area contributed by atoms with Crippen molar-refractivity contribution < 1.29 is 4.79 Å². The van der Waals surface area contributed by atoms with Crippen molar-refractivity contribution in [3.63, 3.8) is 0 Å². The second-order valence-electron chi connectivity index (χ2n) is 4.52. The van der Waals surface area contributed by atoms with E-state index in [0.717, 1.165) is 11.3 Å². The number of rotatable bonds is 3. The van der Waals surface area contributed by atoms with E-state index in [4.69, 9.17) is 0 Å². The molecule has 0 bridgehead atoms. The van der Waals surface area contributed by atoms with Gasteiger partial charge in [0.25, 0.3) is 5.91 Å². The molecule has 0 aliphatic rings. The molecule has 20 heavy (non-hydrogen) atoms. The van der Waals surface area contributed by atoms with Crippen molar-refractivity contribution in [1.29, 1.82) is 0 Å². The summed E-state index contributed by atoms with van der Waals surface area (Å²) in [5, 5.41) is 10.4. The first kappa shape index (κ1) is 14.5. The number of carbonyl (C=O) groups excluding carboxylic acids is 1. The summed E-state index contributed by atoms with van der Waals surface area (Å²) in [4.78, 5) is 21.0. The summed E-state index contributed by atoms with van der Waals surface area (Å²) in [5.74, 6) is 0.969. The van der Waals surface area contributed by atoms with Gasteiger partial charge in [-0.2, -0.15) is 5.10 Å². The Morgan fingerprint density at radius 3 is 2.45 bits per heavy atom. The Kier molecular flexibility index (Phi) is 4.08. The normalized spacial score (nSPS) is 10.7. The van der Waals surface area contributed by atoms with Crippen LogP contribution in [0.3, 0.4) is 0 Å². The van der Waals surface area contributed by atoms with Gasteiger partial charge in [-0.15, -0.1) is 11.8 Å². The molecule has 2 heterocycles. The molecular formula is C13H17N5OS. The summed E-state index contributed by atoms with van der Waals surface area (Å²) in [5.41, 5.74) is 3.03. The molecular weight excluding hydrogens is 274 g/mol. The van der Waals surface area contributed by atoms with Gasteiger partial charge in [-0.05, 0) is 34.0 Å². The van der Waals surface area contributed by atoms with Crippen LogP contribution in [0.4, 0.5) is 5.82 Å². The van der Waals surface area contributed by atoms with Crippen molar-refractivity contribution in [3.05, 3.63) is 28.3 Å². The highest BCUT2D eigenvalue weighted by Crippen LogP contribution is 2.22. The highest BCUT2D eigenvalue weighted by molar-refractivity contribution is 7.98. The predicted octanol–water partition coefficient (Wildman–Crippen LogP) is 2.41. The summed E-state index contributed by atoms with van der Waals surface area (Å²) in [7, 11) is 0. The molecule has 2 N–H and O–H groups in total. The number of aromatic amines is 1. The second-order valence-corrected chi connectivity index (χ2v) is 5.31. The minimum Gasteiger partial charge on any atom is -0.305 e. The Bertz CT molecular complexity index is 665. The van der Waals surface area contributed by atoms with Crippen LogP contribution in [0.25, 0.3) is 0 Å². The van der Waals surface area contributed by atoms with Gasteiger partial charge in [-0.1, -0.05) is 0 Å². The van der Waals surface area contributed by atoms with Gasteiger partial charge in [-0.25, -0.2) is 9.97 Å². The smallest absolute Gasteiger partial charge is 0.261 e. The summed E-state index contributed by atoms with van der Waals surface area (Å²) in [6.07, 6.45) is 1.89. The first-order valence-electron chi connectivity index (χ1n) is 6.16. The van der Waals surface area contributed by atoms with E-state index in [-0.39, 0.29) is 5.91 Å². The highest BCUT2D eigenvalue weighted by Gasteiger charge is 2.19. The van der Waals surface area contributed by atoms with Crippen LogP contribution in [0, 0.1) is 27.7 Å². The number of carbonyl (C=O) groups is 1. The zero-order chi connectivity index (χ0) is 14.9. The molecule has 2 aromatic heterocycles. The fraction of sp³-hybridized carbons (Fsp3) is 0.385. The van der Waals surface area contributed by atoms with Crippen LogP contribution < -0.4 is 5.32 Å². The van der Waals surface area contributed by atoms with Crippen LogP contribution in [-0.4, -0.2) is 32.3 Å². The number of amides is 1. The van der Waals surface area contributed by atoms with Gasteiger partial charge < -0.3 is 5.32 Å². The lowest BCUT2D eigenvalue weighted by atomic mass is 10.2. The van der Waals surface area contributed by atoms with Crippen LogP contribution >= 0.6 is 11.8 Å². The van der Waals surface area contributed by atoms with Crippen LogP contribution in [0.1, 0.15) is 33.1 Å². The SMILES string of the molecule is CSc1nc(C)nc(C)c1C(=O)Nc1n[nH]c(C)c1C. The van der Waals surface area contributed by atoms with Crippen molar-refractivity contribution in [2.45, 2.75) is 32.7 Å². The average molecular weight is 291 g/mol. The quantitative estimate of drug-likeness (QED) is 0.670. The number of aryl methyl sites for hydroxylation is 3. The molecule has 106 valence electrons. The highest BCUT2D eigenvalue weighted by atomic mass is 32.2. The molecule has 0 unspecified atom stereocenters. The minimum atomic E-state index is -0.235. The van der Waals surface area contributed by atoms with Gasteiger partial charge >= 0.3 is 0 Å². The fourth-order valence-electron chi connectivity index (χ4n) is 1.87. The number of nitrogens with zero attached hydrogens (tertiary/aromatic N) is 3. The van der Waals surface area contributed by atoms with Crippen molar-refractivity contribution in [2.24, 2.45) is 0 Å². The maximum absolute atomic E-state index is 12.4. The Labute approximate surface area is 121 Å². The number of anilines is 1. The molecule has 0 aliphatic carbocycles. The first-order chi connectivity index (χ1) is 9.43. The molecule has 6 nitrogen and oxygen atoms in total. The molecule has 1 amide bonds. The summed E-state index contributed by atoms with van der Waals surface area (Å²) < 4.78 is 0. The lowest BCUT2D eigenvalue weighted by Crippen LogP contribution is -2.17. The maximum Gasteiger partial charge on any atom is 0.261 e. The van der Waals surface area contributed by atoms with Crippen LogP contribution in [0.15, 0.2) is 5.03 Å². The van der Waals surface area contributed by atoms with Gasteiger partial charge in [0, 0.05) is 11.3 Å². The van der Waals surface area contributed by atoms with E-state index in [9.17, 15) is 4.79 Å². The predicted molar refractivity (Wildman–Crippen MR) is 79.3 cm³/mol. The van der Waals surface area contributed by atoms with Gasteiger partial charge in [0.2, 0.25) is 0 Å². The molecule has 0 saturated carbocycles. The zero-order valence-electron chi connectivity index (χ0n) is 12.2. The van der Waals surface area contributed by atoms with Crippen LogP contribution in [-0.2, 0) is 0 Å². The lowest BCUT2D eigenvalue weighted by molar-refractivity contribution is 0.102. The van der Waals surface area contributed by atoms with Crippen molar-refractivity contribution in [1.82, 2.24) is 20.2 Å². The number of hydrogen-bond acceptors (Lipinski definition) is 5. The number of thioether (sulfide) groups is 1. The Morgan fingerprint density at radius 1 is 1.20 bits per heavy atom. The van der Waals surface area contributed by atoms with Crippen molar-refractivity contribution in [3.8, 4) is 0 Å². The standard InChI is InChI=1S/C13H17N5OS/c1-6-7(2)17-18-11(6)16-12(19)10-8(3)14-9(4)15-13(10)20-5/h1-5H3,(H2,16,17,18,19). The number of hydrogen-bond donors (Lipinski definition) is 2. The largest absolute Gasteiger partial charge is 0.305 e. The molecule has 0 saturated heterocycles. The van der Waals surface area contributed by atoms with Crippen LogP contribution in [0.2, 0.25) is 0 Å². The van der Waals surface area contributed by atoms with Crippen molar-refractivity contribution >= 4 is 23.5 Å². The lowest BCUT2D eigenvalue weighted by Gasteiger charge is -2.10. The Balaban J connectivity index is 2.37. The molecule has 0 spiro atoms. The molecule has 0 fully saturated rings. The second kappa shape index (κ2) is 5.62. The maximum atomic E-state index is 12.4. The minimum absolute atomic E-state index is 0.235. The fourth-order valence-corrected chi connectivity index (χ4v) is 2.54. The molecule has 0 atom stereocenters. The van der Waals surface area contributed by atoms with E-state index < -0.39 is 0 Å². The third kappa shape index (κ3) is 2.67. The molecule has 2 rings (SSSR count). The molecule has 0 radical (unpaired) electrons. The third-order valence-electron chi connectivity index (χ3n) is 3.07. The van der Waals surface area contributed by atoms with Gasteiger partial charge in [0.15, 0.2) is 5.82 Å². The molecule has 0 aromatic carbocycles. The number of aromatic nitrogens is 4. The Morgan fingerprint density at radius 2 is 1.90 bits per heavy atom. The zero-order valence-corrected chi connectivity index (χ0v) is 13.0. The monoisotopic (exact) mass is 291 g/mol.